The third kappa shape index (κ3) is 5.34. The van der Waals surface area contributed by atoms with Crippen molar-refractivity contribution in [1.29, 1.82) is 0 Å². The molecule has 2 aromatic carbocycles. The topological polar surface area (TPSA) is 47.6 Å². The van der Waals surface area contributed by atoms with E-state index in [4.69, 9.17) is 21.1 Å². The number of nitrogens with one attached hydrogen (secondary N) is 1. The van der Waals surface area contributed by atoms with Crippen molar-refractivity contribution in [3.8, 4) is 11.5 Å². The number of amides is 1. The molecule has 0 saturated heterocycles. The van der Waals surface area contributed by atoms with Crippen LogP contribution in [0.4, 0.5) is 5.69 Å². The third-order valence-corrected chi connectivity index (χ3v) is 3.22. The summed E-state index contributed by atoms with van der Waals surface area (Å²) in [5.74, 6) is 0.995. The van der Waals surface area contributed by atoms with Gasteiger partial charge in [0.05, 0.1) is 0 Å². The van der Waals surface area contributed by atoms with Crippen LogP contribution >= 0.6 is 11.6 Å². The molecule has 4 nitrogen and oxygen atoms in total. The average Bonchev–Trinajstić information content (AvgIpc) is 2.55. The highest BCUT2D eigenvalue weighted by molar-refractivity contribution is 6.30. The predicted molar refractivity (Wildman–Crippen MR) is 92.3 cm³/mol. The third-order valence-electron chi connectivity index (χ3n) is 2.97. The van der Waals surface area contributed by atoms with Crippen molar-refractivity contribution in [2.24, 2.45) is 0 Å². The van der Waals surface area contributed by atoms with Gasteiger partial charge < -0.3 is 14.8 Å². The molecule has 0 aliphatic rings. The number of hydrogen-bond acceptors (Lipinski definition) is 3. The minimum Gasteiger partial charge on any atom is -0.489 e. The number of anilines is 1. The molecule has 120 valence electrons. The highest BCUT2D eigenvalue weighted by Gasteiger charge is 2.15. The Balaban J connectivity index is 1.95. The van der Waals surface area contributed by atoms with Gasteiger partial charge in [0.1, 0.15) is 18.1 Å². The van der Waals surface area contributed by atoms with E-state index in [9.17, 15) is 4.79 Å². The molecule has 1 amide bonds. The Morgan fingerprint density at radius 1 is 1.26 bits per heavy atom. The summed E-state index contributed by atoms with van der Waals surface area (Å²) in [4.78, 5) is 12.2. The lowest BCUT2D eigenvalue weighted by molar-refractivity contribution is -0.122. The van der Waals surface area contributed by atoms with Crippen LogP contribution in [0.3, 0.4) is 0 Å². The molecule has 23 heavy (non-hydrogen) atoms. The number of carbonyl (C=O) groups excluding carboxylic acids is 1. The molecule has 2 rings (SSSR count). The summed E-state index contributed by atoms with van der Waals surface area (Å²) in [6.45, 7) is 5.69. The number of carbonyl (C=O) groups is 1. The van der Waals surface area contributed by atoms with Crippen molar-refractivity contribution in [2.45, 2.75) is 13.0 Å². The van der Waals surface area contributed by atoms with Gasteiger partial charge in [-0.05, 0) is 43.3 Å². The zero-order chi connectivity index (χ0) is 16.7. The molecule has 0 spiro atoms. The Morgan fingerprint density at radius 3 is 2.70 bits per heavy atom. The summed E-state index contributed by atoms with van der Waals surface area (Å²) in [7, 11) is 0. The molecular formula is C18H18ClNO3. The van der Waals surface area contributed by atoms with Crippen LogP contribution in [0.5, 0.6) is 11.5 Å². The van der Waals surface area contributed by atoms with Gasteiger partial charge in [0.15, 0.2) is 6.10 Å². The lowest BCUT2D eigenvalue weighted by Gasteiger charge is -2.15. The Bertz CT molecular complexity index is 670. The van der Waals surface area contributed by atoms with Gasteiger partial charge in [-0.25, -0.2) is 0 Å². The molecule has 1 atom stereocenters. The van der Waals surface area contributed by atoms with Crippen LogP contribution in [0.25, 0.3) is 0 Å². The van der Waals surface area contributed by atoms with Crippen molar-refractivity contribution in [1.82, 2.24) is 0 Å². The second kappa shape index (κ2) is 8.25. The zero-order valence-corrected chi connectivity index (χ0v) is 13.5. The summed E-state index contributed by atoms with van der Waals surface area (Å²) in [6, 6.07) is 14.0. The van der Waals surface area contributed by atoms with E-state index >= 15 is 0 Å². The SMILES string of the molecule is C=CCOc1cccc(NC(=O)[C@@H](C)Oc2ccc(Cl)cc2)c1. The maximum Gasteiger partial charge on any atom is 0.265 e. The van der Waals surface area contributed by atoms with E-state index in [1.807, 2.05) is 6.07 Å². The van der Waals surface area contributed by atoms with Crippen LogP contribution < -0.4 is 14.8 Å². The second-order valence-corrected chi connectivity index (χ2v) is 5.27. The van der Waals surface area contributed by atoms with Crippen LogP contribution in [0.15, 0.2) is 61.2 Å². The van der Waals surface area contributed by atoms with Crippen LogP contribution in [0.2, 0.25) is 5.02 Å². The van der Waals surface area contributed by atoms with E-state index in [0.717, 1.165) is 0 Å². The molecule has 0 bridgehead atoms. The Labute approximate surface area is 140 Å². The smallest absolute Gasteiger partial charge is 0.265 e. The minimum absolute atomic E-state index is 0.249. The first-order valence-electron chi connectivity index (χ1n) is 7.15. The van der Waals surface area contributed by atoms with Gasteiger partial charge in [-0.1, -0.05) is 30.3 Å². The van der Waals surface area contributed by atoms with Gasteiger partial charge >= 0.3 is 0 Å². The van der Waals surface area contributed by atoms with Crippen molar-refractivity contribution < 1.29 is 14.3 Å². The standard InChI is InChI=1S/C18H18ClNO3/c1-3-11-22-17-6-4-5-15(12-17)20-18(21)13(2)23-16-9-7-14(19)8-10-16/h3-10,12-13H,1,11H2,2H3,(H,20,21)/t13-/m1/s1. The minimum atomic E-state index is -0.645. The molecule has 0 unspecified atom stereocenters. The molecule has 5 heteroatoms. The molecule has 0 radical (unpaired) electrons. The van der Waals surface area contributed by atoms with Crippen molar-refractivity contribution in [2.75, 3.05) is 11.9 Å². The van der Waals surface area contributed by atoms with Crippen LogP contribution in [-0.2, 0) is 4.79 Å². The lowest BCUT2D eigenvalue weighted by atomic mass is 10.2. The van der Waals surface area contributed by atoms with Crippen molar-refractivity contribution in [3.63, 3.8) is 0 Å². The monoisotopic (exact) mass is 331 g/mol. The fourth-order valence-corrected chi connectivity index (χ4v) is 1.96. The Kier molecular flexibility index (Phi) is 6.06. The number of rotatable bonds is 7. The summed E-state index contributed by atoms with van der Waals surface area (Å²) in [6.07, 6.45) is 1.02. The van der Waals surface area contributed by atoms with E-state index in [2.05, 4.69) is 11.9 Å². The first-order valence-corrected chi connectivity index (χ1v) is 7.53. The summed E-state index contributed by atoms with van der Waals surface area (Å²) >= 11 is 5.82. The predicted octanol–water partition coefficient (Wildman–Crippen LogP) is 4.31. The highest BCUT2D eigenvalue weighted by atomic mass is 35.5. The zero-order valence-electron chi connectivity index (χ0n) is 12.8. The molecule has 0 aliphatic heterocycles. The summed E-state index contributed by atoms with van der Waals surface area (Å²) < 4.78 is 11.0. The molecule has 0 heterocycles. The number of hydrogen-bond donors (Lipinski definition) is 1. The number of halogens is 1. The first kappa shape index (κ1) is 16.9. The van der Waals surface area contributed by atoms with E-state index < -0.39 is 6.10 Å². The largest absolute Gasteiger partial charge is 0.489 e. The highest BCUT2D eigenvalue weighted by Crippen LogP contribution is 2.19. The summed E-state index contributed by atoms with van der Waals surface area (Å²) in [5, 5.41) is 3.41. The molecule has 2 aromatic rings. The van der Waals surface area contributed by atoms with Crippen LogP contribution in [0, 0.1) is 0 Å². The second-order valence-electron chi connectivity index (χ2n) is 4.83. The van der Waals surface area contributed by atoms with E-state index in [1.165, 1.54) is 0 Å². The van der Waals surface area contributed by atoms with E-state index in [1.54, 1.807) is 55.5 Å². The van der Waals surface area contributed by atoms with Crippen LogP contribution in [-0.4, -0.2) is 18.6 Å². The Hall–Kier alpha value is -2.46. The maximum atomic E-state index is 12.2. The molecular weight excluding hydrogens is 314 g/mol. The average molecular weight is 332 g/mol. The van der Waals surface area contributed by atoms with E-state index in [-0.39, 0.29) is 5.91 Å². The first-order chi connectivity index (χ1) is 11.1. The lowest BCUT2D eigenvalue weighted by Crippen LogP contribution is -2.30. The van der Waals surface area contributed by atoms with Gasteiger partial charge in [-0.3, -0.25) is 4.79 Å². The number of benzene rings is 2. The van der Waals surface area contributed by atoms with Gasteiger partial charge in [-0.15, -0.1) is 0 Å². The molecule has 0 fully saturated rings. The maximum absolute atomic E-state index is 12.2. The molecule has 0 aliphatic carbocycles. The fourth-order valence-electron chi connectivity index (χ4n) is 1.83. The van der Waals surface area contributed by atoms with Gasteiger partial charge in [-0.2, -0.15) is 0 Å². The van der Waals surface area contributed by atoms with Crippen molar-refractivity contribution in [3.05, 3.63) is 66.2 Å². The molecule has 0 saturated carbocycles. The molecule has 1 N–H and O–H groups in total. The number of ether oxygens (including phenoxy) is 2. The molecule has 0 aromatic heterocycles. The van der Waals surface area contributed by atoms with E-state index in [0.29, 0.717) is 28.8 Å². The fraction of sp³-hybridized carbons (Fsp3) is 0.167. The van der Waals surface area contributed by atoms with Gasteiger partial charge in [0.2, 0.25) is 0 Å². The van der Waals surface area contributed by atoms with Gasteiger partial charge in [0.25, 0.3) is 5.91 Å². The quantitative estimate of drug-likeness (QED) is 0.769. The Morgan fingerprint density at radius 2 is 2.00 bits per heavy atom. The van der Waals surface area contributed by atoms with Crippen LogP contribution in [0.1, 0.15) is 6.92 Å². The normalized spacial score (nSPS) is 11.4. The van der Waals surface area contributed by atoms with Crippen molar-refractivity contribution >= 4 is 23.2 Å². The summed E-state index contributed by atoms with van der Waals surface area (Å²) in [5.41, 5.74) is 0.642. The van der Waals surface area contributed by atoms with Gasteiger partial charge in [0, 0.05) is 16.8 Å².